The molecule has 1 N–H and O–H groups in total. The number of alkyl halides is 1. The second-order valence-corrected chi connectivity index (χ2v) is 3.37. The maximum Gasteiger partial charge on any atom is 0.123 e. The summed E-state index contributed by atoms with van der Waals surface area (Å²) in [4.78, 5) is 0. The molecule has 1 saturated carbocycles. The Morgan fingerprint density at radius 2 is 1.85 bits per heavy atom. The SMILES string of the molecule is OCC1C(F)C1c1ccc(F)cc1. The van der Waals surface area contributed by atoms with Crippen LogP contribution < -0.4 is 0 Å². The van der Waals surface area contributed by atoms with Gasteiger partial charge in [-0.05, 0) is 17.7 Å². The van der Waals surface area contributed by atoms with E-state index in [2.05, 4.69) is 0 Å². The van der Waals surface area contributed by atoms with Gasteiger partial charge in [-0.2, -0.15) is 0 Å². The lowest BCUT2D eigenvalue weighted by molar-refractivity contribution is 0.257. The number of rotatable bonds is 2. The van der Waals surface area contributed by atoms with Gasteiger partial charge in [-0.3, -0.25) is 0 Å². The average Bonchev–Trinajstić information content (AvgIpc) is 2.78. The third-order valence-corrected chi connectivity index (χ3v) is 2.54. The molecule has 0 spiro atoms. The highest BCUT2D eigenvalue weighted by Crippen LogP contribution is 2.49. The lowest BCUT2D eigenvalue weighted by Gasteiger charge is -1.96. The highest BCUT2D eigenvalue weighted by Gasteiger charge is 2.51. The zero-order chi connectivity index (χ0) is 9.42. The Balaban J connectivity index is 2.15. The first-order chi connectivity index (χ1) is 6.24. The van der Waals surface area contributed by atoms with Gasteiger partial charge in [0.05, 0.1) is 0 Å². The maximum atomic E-state index is 13.0. The van der Waals surface area contributed by atoms with Crippen LogP contribution in [0.25, 0.3) is 0 Å². The van der Waals surface area contributed by atoms with E-state index >= 15 is 0 Å². The van der Waals surface area contributed by atoms with Gasteiger partial charge in [0.2, 0.25) is 0 Å². The van der Waals surface area contributed by atoms with Crippen molar-refractivity contribution in [3.05, 3.63) is 35.6 Å². The number of aliphatic hydroxyl groups excluding tert-OH is 1. The van der Waals surface area contributed by atoms with E-state index < -0.39 is 6.17 Å². The first kappa shape index (κ1) is 8.63. The van der Waals surface area contributed by atoms with Gasteiger partial charge in [0.1, 0.15) is 12.0 Å². The van der Waals surface area contributed by atoms with Crippen molar-refractivity contribution in [2.75, 3.05) is 6.61 Å². The van der Waals surface area contributed by atoms with Crippen molar-refractivity contribution in [2.45, 2.75) is 12.1 Å². The molecule has 0 heterocycles. The molecule has 3 unspecified atom stereocenters. The van der Waals surface area contributed by atoms with Gasteiger partial charge >= 0.3 is 0 Å². The topological polar surface area (TPSA) is 20.2 Å². The van der Waals surface area contributed by atoms with E-state index in [4.69, 9.17) is 5.11 Å². The van der Waals surface area contributed by atoms with E-state index in [0.29, 0.717) is 0 Å². The molecule has 3 heteroatoms. The molecular formula is C10H10F2O. The van der Waals surface area contributed by atoms with E-state index in [1.54, 1.807) is 12.1 Å². The van der Waals surface area contributed by atoms with Crippen molar-refractivity contribution in [3.63, 3.8) is 0 Å². The van der Waals surface area contributed by atoms with Crippen molar-refractivity contribution >= 4 is 0 Å². The molecule has 70 valence electrons. The lowest BCUT2D eigenvalue weighted by atomic mass is 10.1. The van der Waals surface area contributed by atoms with Gasteiger partial charge in [0.25, 0.3) is 0 Å². The van der Waals surface area contributed by atoms with Gasteiger partial charge < -0.3 is 5.11 Å². The number of aliphatic hydroxyl groups is 1. The molecule has 3 atom stereocenters. The third kappa shape index (κ3) is 1.44. The minimum absolute atomic E-state index is 0.136. The number of benzene rings is 1. The Hall–Kier alpha value is -0.960. The van der Waals surface area contributed by atoms with Gasteiger partial charge in [0.15, 0.2) is 0 Å². The van der Waals surface area contributed by atoms with Crippen LogP contribution in [0.2, 0.25) is 0 Å². The normalized spacial score (nSPS) is 31.8. The Morgan fingerprint density at radius 1 is 1.23 bits per heavy atom. The second-order valence-electron chi connectivity index (χ2n) is 3.37. The fraction of sp³-hybridized carbons (Fsp3) is 0.400. The molecule has 1 aromatic carbocycles. The van der Waals surface area contributed by atoms with Gasteiger partial charge in [-0.1, -0.05) is 12.1 Å². The van der Waals surface area contributed by atoms with Crippen LogP contribution in [-0.2, 0) is 0 Å². The minimum atomic E-state index is -0.963. The van der Waals surface area contributed by atoms with Gasteiger partial charge in [-0.15, -0.1) is 0 Å². The predicted molar refractivity (Wildman–Crippen MR) is 44.6 cm³/mol. The first-order valence-corrected chi connectivity index (χ1v) is 4.24. The summed E-state index contributed by atoms with van der Waals surface area (Å²) in [6, 6.07) is 5.77. The average molecular weight is 184 g/mol. The summed E-state index contributed by atoms with van der Waals surface area (Å²) >= 11 is 0. The molecule has 0 amide bonds. The summed E-state index contributed by atoms with van der Waals surface area (Å²) in [6.07, 6.45) is -0.963. The molecule has 13 heavy (non-hydrogen) atoms. The lowest BCUT2D eigenvalue weighted by Crippen LogP contribution is -1.88. The molecule has 0 bridgehead atoms. The smallest absolute Gasteiger partial charge is 0.123 e. The Morgan fingerprint density at radius 3 is 2.31 bits per heavy atom. The van der Waals surface area contributed by atoms with Crippen LogP contribution in [0.15, 0.2) is 24.3 Å². The van der Waals surface area contributed by atoms with Crippen molar-refractivity contribution < 1.29 is 13.9 Å². The van der Waals surface area contributed by atoms with E-state index in [1.165, 1.54) is 12.1 Å². The summed E-state index contributed by atoms with van der Waals surface area (Å²) < 4.78 is 25.5. The highest BCUT2D eigenvalue weighted by atomic mass is 19.1. The predicted octanol–water partition coefficient (Wildman–Crippen LogP) is 1.87. The summed E-state index contributed by atoms with van der Waals surface area (Å²) in [5, 5.41) is 8.75. The van der Waals surface area contributed by atoms with Crippen LogP contribution in [0.3, 0.4) is 0 Å². The van der Waals surface area contributed by atoms with E-state index in [1.807, 2.05) is 0 Å². The Labute approximate surface area is 75.0 Å². The number of hydrogen-bond acceptors (Lipinski definition) is 1. The molecule has 1 aliphatic rings. The van der Waals surface area contributed by atoms with E-state index in [-0.39, 0.29) is 24.3 Å². The second kappa shape index (κ2) is 3.07. The molecule has 1 aliphatic carbocycles. The minimum Gasteiger partial charge on any atom is -0.396 e. The van der Waals surface area contributed by atoms with Gasteiger partial charge in [0, 0.05) is 18.4 Å². The zero-order valence-electron chi connectivity index (χ0n) is 6.95. The van der Waals surface area contributed by atoms with Crippen molar-refractivity contribution in [3.8, 4) is 0 Å². The number of hydrogen-bond donors (Lipinski definition) is 1. The summed E-state index contributed by atoms with van der Waals surface area (Å²) in [6.45, 7) is -0.136. The third-order valence-electron chi connectivity index (χ3n) is 2.54. The highest BCUT2D eigenvalue weighted by molar-refractivity contribution is 5.29. The summed E-state index contributed by atoms with van der Waals surface area (Å²) in [5.41, 5.74) is 0.771. The molecule has 1 fully saturated rings. The molecule has 1 aromatic rings. The monoisotopic (exact) mass is 184 g/mol. The molecule has 0 aliphatic heterocycles. The Kier molecular flexibility index (Phi) is 2.04. The van der Waals surface area contributed by atoms with Crippen LogP contribution in [0.5, 0.6) is 0 Å². The quantitative estimate of drug-likeness (QED) is 0.743. The zero-order valence-corrected chi connectivity index (χ0v) is 6.95. The van der Waals surface area contributed by atoms with Crippen LogP contribution in [-0.4, -0.2) is 17.9 Å². The molecule has 1 nitrogen and oxygen atoms in total. The fourth-order valence-electron chi connectivity index (χ4n) is 1.66. The van der Waals surface area contributed by atoms with Crippen LogP contribution in [0, 0.1) is 11.7 Å². The maximum absolute atomic E-state index is 13.0. The van der Waals surface area contributed by atoms with E-state index in [0.717, 1.165) is 5.56 Å². The van der Waals surface area contributed by atoms with E-state index in [9.17, 15) is 8.78 Å². The molecule has 0 radical (unpaired) electrons. The first-order valence-electron chi connectivity index (χ1n) is 4.24. The molecule has 0 aromatic heterocycles. The summed E-state index contributed by atoms with van der Waals surface area (Å²) in [7, 11) is 0. The molecular weight excluding hydrogens is 174 g/mol. The van der Waals surface area contributed by atoms with Crippen molar-refractivity contribution in [1.82, 2.24) is 0 Å². The van der Waals surface area contributed by atoms with Gasteiger partial charge in [-0.25, -0.2) is 8.78 Å². The van der Waals surface area contributed by atoms with Crippen molar-refractivity contribution in [2.24, 2.45) is 5.92 Å². The van der Waals surface area contributed by atoms with Crippen molar-refractivity contribution in [1.29, 1.82) is 0 Å². The standard InChI is InChI=1S/C10H10F2O/c11-7-3-1-6(2-4-7)9-8(5-13)10(9)12/h1-4,8-10,13H,5H2. The largest absolute Gasteiger partial charge is 0.396 e. The van der Waals surface area contributed by atoms with Crippen LogP contribution >= 0.6 is 0 Å². The molecule has 0 saturated heterocycles. The number of halogens is 2. The molecule has 2 rings (SSSR count). The van der Waals surface area contributed by atoms with Crippen LogP contribution in [0.1, 0.15) is 11.5 Å². The Bertz CT molecular complexity index is 296. The summed E-state index contributed by atoms with van der Waals surface area (Å²) in [5.74, 6) is -0.837. The fourth-order valence-corrected chi connectivity index (χ4v) is 1.66. The van der Waals surface area contributed by atoms with Crippen LogP contribution in [0.4, 0.5) is 8.78 Å².